The van der Waals surface area contributed by atoms with E-state index in [1.54, 1.807) is 0 Å². The van der Waals surface area contributed by atoms with Crippen LogP contribution in [-0.2, 0) is 0 Å². The number of nitrogens with zero attached hydrogens (tertiary/aromatic N) is 1. The lowest BCUT2D eigenvalue weighted by molar-refractivity contribution is -0.405. The summed E-state index contributed by atoms with van der Waals surface area (Å²) in [5, 5.41) is 0. The molecule has 0 aromatic rings. The van der Waals surface area contributed by atoms with Crippen molar-refractivity contribution in [2.45, 2.75) is 25.3 Å². The van der Waals surface area contributed by atoms with E-state index in [0.29, 0.717) is 0 Å². The van der Waals surface area contributed by atoms with E-state index < -0.39 is 30.2 Å². The van der Waals surface area contributed by atoms with Gasteiger partial charge in [-0.25, -0.2) is 13.2 Å². The molecular weight excluding hydrogens is 233 g/mol. The Balaban J connectivity index is 4.94. The molecule has 0 bridgehead atoms. The number of alkyl halides is 9. The molecule has 86 valence electrons. The van der Waals surface area contributed by atoms with Crippen LogP contribution in [0.25, 0.3) is 0 Å². The Kier molecular flexibility index (Phi) is 3.65. The number of hydrogen-bond donors (Lipinski definition) is 0. The largest absolute Gasteiger partial charge is 0.469 e. The third-order valence-electron chi connectivity index (χ3n) is 1.00. The van der Waals surface area contributed by atoms with Crippen molar-refractivity contribution in [2.24, 2.45) is 0 Å². The molecule has 0 spiro atoms. The monoisotopic (exact) mass is 235 g/mol. The smallest absolute Gasteiger partial charge is 0.223 e. The molecule has 1 atom stereocenters. The molecule has 0 rings (SSSR count). The summed E-state index contributed by atoms with van der Waals surface area (Å²) in [4.78, 5) is -2.80. The molecular formula is C4H2F9N. The van der Waals surface area contributed by atoms with Crippen LogP contribution in [0.3, 0.4) is 0 Å². The summed E-state index contributed by atoms with van der Waals surface area (Å²) < 4.78 is 103. The van der Waals surface area contributed by atoms with Crippen LogP contribution >= 0.6 is 0 Å². The second-order valence-corrected chi connectivity index (χ2v) is 2.01. The molecule has 0 heterocycles. The van der Waals surface area contributed by atoms with Gasteiger partial charge >= 0.3 is 12.6 Å². The molecule has 0 aromatic carbocycles. The zero-order chi connectivity index (χ0) is 11.7. The van der Waals surface area contributed by atoms with E-state index in [4.69, 9.17) is 0 Å². The summed E-state index contributed by atoms with van der Waals surface area (Å²) in [5.74, 6) is 0. The van der Waals surface area contributed by atoms with E-state index in [2.05, 4.69) is 0 Å². The second kappa shape index (κ2) is 3.83. The number of rotatable bonds is 2. The van der Waals surface area contributed by atoms with Gasteiger partial charge in [0, 0.05) is 0 Å². The predicted molar refractivity (Wildman–Crippen MR) is 24.8 cm³/mol. The molecule has 0 fully saturated rings. The van der Waals surface area contributed by atoms with Crippen LogP contribution in [0, 0.1) is 0 Å². The van der Waals surface area contributed by atoms with E-state index in [1.807, 2.05) is 0 Å². The molecule has 14 heavy (non-hydrogen) atoms. The molecule has 10 heteroatoms. The molecule has 1 unspecified atom stereocenters. The van der Waals surface area contributed by atoms with Crippen LogP contribution in [0.4, 0.5) is 39.5 Å². The maximum absolute atomic E-state index is 11.9. The normalized spacial score (nSPS) is 16.5. The van der Waals surface area contributed by atoms with Crippen LogP contribution in [0.1, 0.15) is 0 Å². The standard InChI is InChI=1S/C4H2F9N/c5-1(6)2(7)14(3(8,9)10)4(11,12)13/h1-2H. The average Bonchev–Trinajstić information content (AvgIpc) is 1.79. The van der Waals surface area contributed by atoms with Crippen molar-refractivity contribution >= 4 is 0 Å². The van der Waals surface area contributed by atoms with Crippen molar-refractivity contribution in [3.8, 4) is 0 Å². The Morgan fingerprint density at radius 2 is 1.00 bits per heavy atom. The third kappa shape index (κ3) is 3.24. The first-order valence-corrected chi connectivity index (χ1v) is 2.83. The molecule has 0 amide bonds. The lowest BCUT2D eigenvalue weighted by atomic mass is 10.5. The van der Waals surface area contributed by atoms with Crippen molar-refractivity contribution in [3.63, 3.8) is 0 Å². The quantitative estimate of drug-likeness (QED) is 0.525. The van der Waals surface area contributed by atoms with Gasteiger partial charge in [0.15, 0.2) is 0 Å². The van der Waals surface area contributed by atoms with Crippen molar-refractivity contribution in [2.75, 3.05) is 0 Å². The number of halogens is 9. The van der Waals surface area contributed by atoms with E-state index in [0.717, 1.165) is 0 Å². The lowest BCUT2D eigenvalue weighted by Crippen LogP contribution is -2.54. The highest BCUT2D eigenvalue weighted by atomic mass is 19.4. The number of hydrogen-bond acceptors (Lipinski definition) is 1. The zero-order valence-electron chi connectivity index (χ0n) is 6.00. The maximum Gasteiger partial charge on any atom is 0.469 e. The van der Waals surface area contributed by atoms with Crippen molar-refractivity contribution in [1.29, 1.82) is 0 Å². The third-order valence-corrected chi connectivity index (χ3v) is 1.00. The minimum atomic E-state index is -6.24. The van der Waals surface area contributed by atoms with Crippen molar-refractivity contribution < 1.29 is 39.5 Å². The Bertz CT molecular complexity index is 166. The van der Waals surface area contributed by atoms with E-state index in [1.165, 1.54) is 0 Å². The molecule has 0 saturated carbocycles. The van der Waals surface area contributed by atoms with Gasteiger partial charge in [-0.15, -0.1) is 0 Å². The first kappa shape index (κ1) is 13.3. The molecule has 0 radical (unpaired) electrons. The van der Waals surface area contributed by atoms with Crippen molar-refractivity contribution in [3.05, 3.63) is 0 Å². The first-order valence-electron chi connectivity index (χ1n) is 2.83. The van der Waals surface area contributed by atoms with E-state index in [9.17, 15) is 39.5 Å². The fourth-order valence-electron chi connectivity index (χ4n) is 0.536. The van der Waals surface area contributed by atoms with Gasteiger partial charge in [-0.1, -0.05) is 4.90 Å². The minimum absolute atomic E-state index is 2.80. The highest BCUT2D eigenvalue weighted by Crippen LogP contribution is 2.37. The summed E-state index contributed by atoms with van der Waals surface area (Å²) in [7, 11) is 0. The van der Waals surface area contributed by atoms with Gasteiger partial charge in [0.05, 0.1) is 0 Å². The van der Waals surface area contributed by atoms with Gasteiger partial charge in [-0.2, -0.15) is 26.3 Å². The molecule has 0 aliphatic rings. The highest BCUT2D eigenvalue weighted by molar-refractivity contribution is 4.69. The van der Waals surface area contributed by atoms with Gasteiger partial charge in [-0.3, -0.25) is 0 Å². The van der Waals surface area contributed by atoms with Crippen molar-refractivity contribution in [1.82, 2.24) is 4.90 Å². The Hall–Kier alpha value is -0.670. The van der Waals surface area contributed by atoms with Gasteiger partial charge in [0.1, 0.15) is 0 Å². The Labute approximate surface area is 71.1 Å². The SMILES string of the molecule is FC(F)C(F)N(C(F)(F)F)C(F)(F)F. The van der Waals surface area contributed by atoms with Gasteiger partial charge < -0.3 is 0 Å². The summed E-state index contributed by atoms with van der Waals surface area (Å²) in [5.41, 5.74) is 0. The first-order chi connectivity index (χ1) is 5.98. The topological polar surface area (TPSA) is 3.24 Å². The predicted octanol–water partition coefficient (Wildman–Crippen LogP) is 2.89. The maximum atomic E-state index is 11.9. The van der Waals surface area contributed by atoms with E-state index in [-0.39, 0.29) is 0 Å². The summed E-state index contributed by atoms with van der Waals surface area (Å²) in [6.07, 6.45) is -21.4. The molecule has 0 aliphatic heterocycles. The van der Waals surface area contributed by atoms with Crippen LogP contribution < -0.4 is 0 Å². The fourth-order valence-corrected chi connectivity index (χ4v) is 0.536. The van der Waals surface area contributed by atoms with Gasteiger partial charge in [-0.05, 0) is 0 Å². The van der Waals surface area contributed by atoms with Crippen LogP contribution in [0.15, 0.2) is 0 Å². The van der Waals surface area contributed by atoms with Crippen LogP contribution in [0.2, 0.25) is 0 Å². The van der Waals surface area contributed by atoms with Gasteiger partial charge in [0.25, 0.3) is 6.43 Å². The summed E-state index contributed by atoms with van der Waals surface area (Å²) >= 11 is 0. The van der Waals surface area contributed by atoms with Gasteiger partial charge in [0.2, 0.25) is 6.30 Å². The molecule has 1 nitrogen and oxygen atoms in total. The van der Waals surface area contributed by atoms with Crippen LogP contribution in [-0.4, -0.2) is 30.2 Å². The lowest BCUT2D eigenvalue weighted by Gasteiger charge is -2.28. The molecule has 0 aliphatic carbocycles. The minimum Gasteiger partial charge on any atom is -0.223 e. The summed E-state index contributed by atoms with van der Waals surface area (Å²) in [6.45, 7) is 0. The second-order valence-electron chi connectivity index (χ2n) is 2.01. The fraction of sp³-hybridized carbons (Fsp3) is 1.00. The van der Waals surface area contributed by atoms with Crippen LogP contribution in [0.5, 0.6) is 0 Å². The molecule has 0 aromatic heterocycles. The van der Waals surface area contributed by atoms with E-state index >= 15 is 0 Å². The molecule has 0 saturated heterocycles. The summed E-state index contributed by atoms with van der Waals surface area (Å²) in [6, 6.07) is 0. The zero-order valence-corrected chi connectivity index (χ0v) is 6.00. The Morgan fingerprint density at radius 1 is 0.714 bits per heavy atom. The highest BCUT2D eigenvalue weighted by Gasteiger charge is 2.60. The average molecular weight is 235 g/mol. The Morgan fingerprint density at radius 3 is 1.07 bits per heavy atom. The molecule has 0 N–H and O–H groups in total.